The predicted octanol–water partition coefficient (Wildman–Crippen LogP) is 2.58. The molecule has 0 aliphatic carbocycles. The average Bonchev–Trinajstić information content (AvgIpc) is 2.69. The van der Waals surface area contributed by atoms with E-state index in [1.54, 1.807) is 0 Å². The second-order valence-electron chi connectivity index (χ2n) is 7.28. The van der Waals surface area contributed by atoms with E-state index in [4.69, 9.17) is 4.74 Å². The van der Waals surface area contributed by atoms with Crippen molar-refractivity contribution in [2.75, 3.05) is 26.2 Å². The van der Waals surface area contributed by atoms with Gasteiger partial charge in [0.05, 0.1) is 0 Å². The Kier molecular flexibility index (Phi) is 4.09. The number of rotatable bonds is 1. The first kappa shape index (κ1) is 14.6. The molecule has 2 rings (SSSR count). The predicted molar refractivity (Wildman–Crippen MR) is 76.1 cm³/mol. The number of amides is 1. The largest absolute Gasteiger partial charge is 0.444 e. The van der Waals surface area contributed by atoms with Crippen LogP contribution in [-0.4, -0.2) is 53.7 Å². The molecule has 19 heavy (non-hydrogen) atoms. The third-order valence-corrected chi connectivity index (χ3v) is 4.21. The summed E-state index contributed by atoms with van der Waals surface area (Å²) in [5.74, 6) is 1.39. The topological polar surface area (TPSA) is 32.8 Å². The summed E-state index contributed by atoms with van der Waals surface area (Å²) in [7, 11) is 0. The van der Waals surface area contributed by atoms with Crippen LogP contribution < -0.4 is 0 Å². The third-order valence-electron chi connectivity index (χ3n) is 4.21. The molecule has 0 aromatic carbocycles. The van der Waals surface area contributed by atoms with Crippen LogP contribution in [0.25, 0.3) is 0 Å². The molecule has 2 heterocycles. The maximum Gasteiger partial charge on any atom is 0.410 e. The Labute approximate surface area is 117 Å². The number of hydrogen-bond acceptors (Lipinski definition) is 3. The van der Waals surface area contributed by atoms with Crippen molar-refractivity contribution in [2.45, 2.75) is 52.7 Å². The van der Waals surface area contributed by atoms with Crippen molar-refractivity contribution in [2.24, 2.45) is 11.8 Å². The first-order valence-electron chi connectivity index (χ1n) is 7.48. The Morgan fingerprint density at radius 3 is 2.37 bits per heavy atom. The molecule has 2 aliphatic heterocycles. The van der Waals surface area contributed by atoms with Crippen LogP contribution in [0.1, 0.15) is 41.0 Å². The van der Waals surface area contributed by atoms with E-state index in [-0.39, 0.29) is 6.09 Å². The Bertz CT molecular complexity index is 336. The SMILES string of the molecule is CC(C)N1CC2CCN(C(=O)OC(C)(C)C)CC2C1. The van der Waals surface area contributed by atoms with Gasteiger partial charge >= 0.3 is 6.09 Å². The van der Waals surface area contributed by atoms with Crippen LogP contribution in [0.4, 0.5) is 4.79 Å². The number of piperidine rings is 1. The molecule has 2 fully saturated rings. The molecule has 2 unspecified atom stereocenters. The van der Waals surface area contributed by atoms with Gasteiger partial charge in [0, 0.05) is 32.2 Å². The smallest absolute Gasteiger partial charge is 0.410 e. The van der Waals surface area contributed by atoms with Crippen LogP contribution in [0.3, 0.4) is 0 Å². The fourth-order valence-electron chi connectivity index (χ4n) is 3.12. The molecule has 2 atom stereocenters. The molecule has 0 aromatic rings. The van der Waals surface area contributed by atoms with Gasteiger partial charge in [0.2, 0.25) is 0 Å². The van der Waals surface area contributed by atoms with E-state index in [0.717, 1.165) is 32.0 Å². The van der Waals surface area contributed by atoms with Gasteiger partial charge in [-0.2, -0.15) is 0 Å². The average molecular weight is 268 g/mol. The van der Waals surface area contributed by atoms with Gasteiger partial charge in [-0.05, 0) is 52.9 Å². The van der Waals surface area contributed by atoms with E-state index in [9.17, 15) is 4.79 Å². The van der Waals surface area contributed by atoms with Crippen molar-refractivity contribution in [1.82, 2.24) is 9.80 Å². The second-order valence-corrected chi connectivity index (χ2v) is 7.28. The minimum Gasteiger partial charge on any atom is -0.444 e. The van der Waals surface area contributed by atoms with Gasteiger partial charge in [-0.1, -0.05) is 0 Å². The number of nitrogens with zero attached hydrogens (tertiary/aromatic N) is 2. The van der Waals surface area contributed by atoms with E-state index >= 15 is 0 Å². The molecule has 0 saturated carbocycles. The van der Waals surface area contributed by atoms with Gasteiger partial charge in [0.25, 0.3) is 0 Å². The lowest BCUT2D eigenvalue weighted by Gasteiger charge is -2.35. The van der Waals surface area contributed by atoms with Crippen molar-refractivity contribution in [1.29, 1.82) is 0 Å². The van der Waals surface area contributed by atoms with Crippen LogP contribution in [-0.2, 0) is 4.74 Å². The molecule has 2 saturated heterocycles. The second kappa shape index (κ2) is 5.31. The van der Waals surface area contributed by atoms with Crippen molar-refractivity contribution in [3.63, 3.8) is 0 Å². The minimum absolute atomic E-state index is 0.144. The number of ether oxygens (including phenoxy) is 1. The zero-order chi connectivity index (χ0) is 14.2. The fourth-order valence-corrected chi connectivity index (χ4v) is 3.12. The first-order valence-corrected chi connectivity index (χ1v) is 7.48. The number of fused-ring (bicyclic) bond motifs is 1. The standard InChI is InChI=1S/C15H28N2O2/c1-11(2)17-8-12-6-7-16(9-13(12)10-17)14(18)19-15(3,4)5/h11-13H,6-10H2,1-5H3. The lowest BCUT2D eigenvalue weighted by Crippen LogP contribution is -2.45. The van der Waals surface area contributed by atoms with Crippen molar-refractivity contribution >= 4 is 6.09 Å². The lowest BCUT2D eigenvalue weighted by molar-refractivity contribution is 0.0139. The van der Waals surface area contributed by atoms with E-state index in [0.29, 0.717) is 12.0 Å². The van der Waals surface area contributed by atoms with Crippen LogP contribution in [0.15, 0.2) is 0 Å². The molecule has 0 spiro atoms. The highest BCUT2D eigenvalue weighted by molar-refractivity contribution is 5.68. The van der Waals surface area contributed by atoms with E-state index < -0.39 is 5.60 Å². The molecule has 110 valence electrons. The quantitative estimate of drug-likeness (QED) is 0.733. The number of carbonyl (C=O) groups excluding carboxylic acids is 1. The molecule has 2 aliphatic rings. The Hall–Kier alpha value is -0.770. The van der Waals surface area contributed by atoms with Crippen LogP contribution >= 0.6 is 0 Å². The molecular weight excluding hydrogens is 240 g/mol. The molecule has 4 heteroatoms. The number of carbonyl (C=O) groups is 1. The number of likely N-dealkylation sites (tertiary alicyclic amines) is 2. The minimum atomic E-state index is -0.395. The molecular formula is C15H28N2O2. The molecule has 4 nitrogen and oxygen atoms in total. The van der Waals surface area contributed by atoms with Gasteiger partial charge in [-0.3, -0.25) is 0 Å². The highest BCUT2D eigenvalue weighted by Crippen LogP contribution is 2.32. The highest BCUT2D eigenvalue weighted by atomic mass is 16.6. The fraction of sp³-hybridized carbons (Fsp3) is 0.933. The van der Waals surface area contributed by atoms with E-state index in [1.807, 2.05) is 25.7 Å². The summed E-state index contributed by atoms with van der Waals surface area (Å²) < 4.78 is 5.47. The maximum absolute atomic E-state index is 12.1. The van der Waals surface area contributed by atoms with Gasteiger partial charge in [0.1, 0.15) is 5.60 Å². The Morgan fingerprint density at radius 2 is 1.79 bits per heavy atom. The normalized spacial score (nSPS) is 28.6. The molecule has 1 amide bonds. The third kappa shape index (κ3) is 3.62. The summed E-state index contributed by atoms with van der Waals surface area (Å²) >= 11 is 0. The summed E-state index contributed by atoms with van der Waals surface area (Å²) in [6.45, 7) is 14.3. The highest BCUT2D eigenvalue weighted by Gasteiger charge is 2.39. The van der Waals surface area contributed by atoms with Crippen molar-refractivity contribution in [3.05, 3.63) is 0 Å². The summed E-state index contributed by atoms with van der Waals surface area (Å²) in [4.78, 5) is 16.5. The molecule has 0 bridgehead atoms. The summed E-state index contributed by atoms with van der Waals surface area (Å²) in [5.41, 5.74) is -0.395. The van der Waals surface area contributed by atoms with Crippen molar-refractivity contribution in [3.8, 4) is 0 Å². The Morgan fingerprint density at radius 1 is 1.16 bits per heavy atom. The summed E-state index contributed by atoms with van der Waals surface area (Å²) in [5, 5.41) is 0. The van der Waals surface area contributed by atoms with Crippen molar-refractivity contribution < 1.29 is 9.53 Å². The van der Waals surface area contributed by atoms with Gasteiger partial charge in [-0.15, -0.1) is 0 Å². The lowest BCUT2D eigenvalue weighted by atomic mass is 9.89. The van der Waals surface area contributed by atoms with Gasteiger partial charge in [-0.25, -0.2) is 4.79 Å². The summed E-state index contributed by atoms with van der Waals surface area (Å²) in [6.07, 6.45) is 0.974. The molecule has 0 radical (unpaired) electrons. The van der Waals surface area contributed by atoms with Crippen LogP contribution in [0, 0.1) is 11.8 Å². The monoisotopic (exact) mass is 268 g/mol. The maximum atomic E-state index is 12.1. The van der Waals surface area contributed by atoms with E-state index in [2.05, 4.69) is 18.7 Å². The first-order chi connectivity index (χ1) is 8.76. The van der Waals surface area contributed by atoms with Crippen LogP contribution in [0.2, 0.25) is 0 Å². The van der Waals surface area contributed by atoms with Crippen LogP contribution in [0.5, 0.6) is 0 Å². The summed E-state index contributed by atoms with van der Waals surface area (Å²) in [6, 6.07) is 0.612. The molecule has 0 aromatic heterocycles. The zero-order valence-electron chi connectivity index (χ0n) is 13.0. The van der Waals surface area contributed by atoms with Gasteiger partial charge in [0.15, 0.2) is 0 Å². The Balaban J connectivity index is 1.90. The van der Waals surface area contributed by atoms with E-state index in [1.165, 1.54) is 6.54 Å². The van der Waals surface area contributed by atoms with Gasteiger partial charge < -0.3 is 14.5 Å². The zero-order valence-corrected chi connectivity index (χ0v) is 13.0. The molecule has 0 N–H and O–H groups in total. The number of hydrogen-bond donors (Lipinski definition) is 0.